The largest absolute Gasteiger partial charge is 0.759 e. The summed E-state index contributed by atoms with van der Waals surface area (Å²) in [4.78, 5) is 3.91. The molecule has 5 heteroatoms. The summed E-state index contributed by atoms with van der Waals surface area (Å²) in [7, 11) is 0. The predicted octanol–water partition coefficient (Wildman–Crippen LogP) is 0.182. The molecule has 8 heavy (non-hydrogen) atoms. The van der Waals surface area contributed by atoms with Gasteiger partial charge in [-0.1, -0.05) is 0 Å². The van der Waals surface area contributed by atoms with Crippen LogP contribution in [0.15, 0.2) is 0 Å². The molecule has 0 spiro atoms. The van der Waals surface area contributed by atoms with E-state index < -0.39 is 5.66 Å². The Morgan fingerprint density at radius 1 is 1.25 bits per heavy atom. The molecule has 1 aliphatic heterocycles. The minimum Gasteiger partial charge on any atom is -0.759 e. The van der Waals surface area contributed by atoms with Gasteiger partial charge in [0, 0.05) is 0 Å². The lowest BCUT2D eigenvalue weighted by atomic mass is 10.3. The molecule has 5 nitrogen and oxygen atoms in total. The predicted molar refractivity (Wildman–Crippen MR) is 25.6 cm³/mol. The van der Waals surface area contributed by atoms with Crippen LogP contribution in [-0.2, 0) is 4.94 Å². The molecule has 0 aliphatic carbocycles. The number of rotatable bonds is 0. The molecule has 1 fully saturated rings. The summed E-state index contributed by atoms with van der Waals surface area (Å²) in [6.07, 6.45) is 0. The van der Waals surface area contributed by atoms with Crippen molar-refractivity contribution in [3.63, 3.8) is 0 Å². The molecule has 1 heterocycles. The average Bonchev–Trinajstić information content (AvgIpc) is 1.68. The van der Waals surface area contributed by atoms with Gasteiger partial charge in [0.05, 0.1) is 5.66 Å². The van der Waals surface area contributed by atoms with Gasteiger partial charge in [0.1, 0.15) is 0 Å². The van der Waals surface area contributed by atoms with Crippen molar-refractivity contribution in [2.75, 3.05) is 0 Å². The Labute approximate surface area is 46.5 Å². The van der Waals surface area contributed by atoms with Gasteiger partial charge < -0.3 is 10.4 Å². The number of nitrogens with zero attached hydrogens (tertiary/aromatic N) is 2. The molecular formula is C3H6N2O3-2. The third kappa shape index (κ3) is 0.535. The van der Waals surface area contributed by atoms with Gasteiger partial charge in [-0.25, -0.2) is 15.4 Å². The summed E-state index contributed by atoms with van der Waals surface area (Å²) >= 11 is 0. The molecule has 0 atom stereocenters. The lowest BCUT2D eigenvalue weighted by molar-refractivity contribution is -0.481. The average molecular weight is 118 g/mol. The van der Waals surface area contributed by atoms with Crippen LogP contribution in [-0.4, -0.2) is 16.1 Å². The van der Waals surface area contributed by atoms with Crippen LogP contribution in [0, 0.1) is 10.4 Å². The highest BCUT2D eigenvalue weighted by atomic mass is 17.1. The van der Waals surface area contributed by atoms with Crippen LogP contribution in [0.5, 0.6) is 0 Å². The SMILES string of the molecule is CC1(C)N([O-])ON1[O-]. The first-order valence-corrected chi connectivity index (χ1v) is 2.18. The van der Waals surface area contributed by atoms with E-state index in [9.17, 15) is 10.4 Å². The number of hydrogen-bond acceptors (Lipinski definition) is 5. The zero-order valence-electron chi connectivity index (χ0n) is 4.62. The Morgan fingerprint density at radius 3 is 1.62 bits per heavy atom. The van der Waals surface area contributed by atoms with E-state index in [1.54, 1.807) is 0 Å². The summed E-state index contributed by atoms with van der Waals surface area (Å²) in [5.74, 6) is 0. The van der Waals surface area contributed by atoms with Gasteiger partial charge in [-0.05, 0) is 13.8 Å². The van der Waals surface area contributed by atoms with Crippen LogP contribution in [0.3, 0.4) is 0 Å². The van der Waals surface area contributed by atoms with Crippen molar-refractivity contribution in [1.82, 2.24) is 10.5 Å². The minimum absolute atomic E-state index is 0.250. The van der Waals surface area contributed by atoms with Gasteiger partial charge in [-0.3, -0.25) is 0 Å². The second-order valence-electron chi connectivity index (χ2n) is 2.09. The normalized spacial score (nSPS) is 30.0. The van der Waals surface area contributed by atoms with E-state index in [2.05, 4.69) is 4.94 Å². The summed E-state index contributed by atoms with van der Waals surface area (Å²) in [6, 6.07) is 0. The van der Waals surface area contributed by atoms with Gasteiger partial charge in [0.2, 0.25) is 0 Å². The topological polar surface area (TPSA) is 61.8 Å². The summed E-state index contributed by atoms with van der Waals surface area (Å²) in [5.41, 5.74) is -1.03. The van der Waals surface area contributed by atoms with E-state index in [1.165, 1.54) is 13.8 Å². The van der Waals surface area contributed by atoms with E-state index in [0.717, 1.165) is 0 Å². The van der Waals surface area contributed by atoms with Gasteiger partial charge >= 0.3 is 0 Å². The molecule has 0 aromatic rings. The first-order chi connectivity index (χ1) is 3.55. The number of hydroxylamine groups is 4. The highest BCUT2D eigenvalue weighted by Crippen LogP contribution is 2.28. The van der Waals surface area contributed by atoms with E-state index >= 15 is 0 Å². The zero-order valence-corrected chi connectivity index (χ0v) is 4.62. The smallest absolute Gasteiger partial charge is 0.0934 e. The van der Waals surface area contributed by atoms with E-state index in [1.807, 2.05) is 0 Å². The first kappa shape index (κ1) is 5.93. The molecule has 1 saturated heterocycles. The van der Waals surface area contributed by atoms with Crippen LogP contribution >= 0.6 is 0 Å². The third-order valence-electron chi connectivity index (χ3n) is 1.04. The van der Waals surface area contributed by atoms with Gasteiger partial charge in [-0.2, -0.15) is 0 Å². The Hall–Kier alpha value is -0.200. The molecule has 0 aromatic heterocycles. The summed E-state index contributed by atoms with van der Waals surface area (Å²) < 4.78 is 0. The van der Waals surface area contributed by atoms with Crippen molar-refractivity contribution in [2.45, 2.75) is 19.5 Å². The molecule has 0 bridgehead atoms. The second kappa shape index (κ2) is 1.40. The maximum Gasteiger partial charge on any atom is 0.0934 e. The quantitative estimate of drug-likeness (QED) is 0.454. The van der Waals surface area contributed by atoms with Crippen molar-refractivity contribution in [3.8, 4) is 0 Å². The van der Waals surface area contributed by atoms with E-state index in [-0.39, 0.29) is 10.5 Å². The fourth-order valence-corrected chi connectivity index (χ4v) is 0.301. The van der Waals surface area contributed by atoms with Gasteiger partial charge in [0.25, 0.3) is 0 Å². The van der Waals surface area contributed by atoms with Gasteiger partial charge in [0.15, 0.2) is 0 Å². The minimum atomic E-state index is -1.03. The molecule has 48 valence electrons. The fourth-order valence-electron chi connectivity index (χ4n) is 0.301. The molecule has 0 aromatic carbocycles. The molecular weight excluding hydrogens is 112 g/mol. The lowest BCUT2D eigenvalue weighted by Crippen LogP contribution is -2.64. The van der Waals surface area contributed by atoms with Crippen molar-refractivity contribution in [2.24, 2.45) is 0 Å². The maximum atomic E-state index is 10.2. The Morgan fingerprint density at radius 2 is 1.62 bits per heavy atom. The molecule has 1 rings (SSSR count). The monoisotopic (exact) mass is 118 g/mol. The lowest BCUT2D eigenvalue weighted by Gasteiger charge is -2.62. The molecule has 0 radical (unpaired) electrons. The van der Waals surface area contributed by atoms with Gasteiger partial charge in [-0.15, -0.1) is 0 Å². The second-order valence-corrected chi connectivity index (χ2v) is 2.09. The van der Waals surface area contributed by atoms with Crippen LogP contribution in [0.25, 0.3) is 0 Å². The molecule has 0 N–H and O–H groups in total. The third-order valence-corrected chi connectivity index (χ3v) is 1.04. The van der Waals surface area contributed by atoms with Crippen LogP contribution in [0.1, 0.15) is 13.8 Å². The first-order valence-electron chi connectivity index (χ1n) is 2.18. The van der Waals surface area contributed by atoms with Crippen molar-refractivity contribution in [3.05, 3.63) is 10.4 Å². The molecule has 1 aliphatic rings. The molecule has 0 saturated carbocycles. The van der Waals surface area contributed by atoms with Crippen molar-refractivity contribution < 1.29 is 4.94 Å². The Balaban J connectivity index is 2.52. The molecule has 0 unspecified atom stereocenters. The summed E-state index contributed by atoms with van der Waals surface area (Å²) in [6.45, 7) is 2.94. The Kier molecular flexibility index (Phi) is 1.03. The van der Waals surface area contributed by atoms with E-state index in [0.29, 0.717) is 0 Å². The van der Waals surface area contributed by atoms with Crippen molar-refractivity contribution in [1.29, 1.82) is 0 Å². The van der Waals surface area contributed by atoms with Crippen LogP contribution in [0.4, 0.5) is 0 Å². The highest BCUT2D eigenvalue weighted by molar-refractivity contribution is 4.79. The molecule has 0 amide bonds. The van der Waals surface area contributed by atoms with Crippen molar-refractivity contribution >= 4 is 0 Å². The number of hydrogen-bond donors (Lipinski definition) is 0. The highest BCUT2D eigenvalue weighted by Gasteiger charge is 2.33. The Bertz CT molecular complexity index is 94.7. The zero-order chi connectivity index (χ0) is 6.36. The standard InChI is InChI=1S/C3H6N2O3/c1-3(2)4(6)8-5(3)7/h1-2H3/q-2. The van der Waals surface area contributed by atoms with Crippen LogP contribution < -0.4 is 0 Å². The maximum absolute atomic E-state index is 10.2. The van der Waals surface area contributed by atoms with Crippen LogP contribution in [0.2, 0.25) is 0 Å². The van der Waals surface area contributed by atoms with E-state index in [4.69, 9.17) is 0 Å². The fraction of sp³-hybridized carbons (Fsp3) is 1.00. The summed E-state index contributed by atoms with van der Waals surface area (Å²) in [5, 5.41) is 20.9.